The van der Waals surface area contributed by atoms with Crippen LogP contribution in [0.4, 0.5) is 8.78 Å². The van der Waals surface area contributed by atoms with Crippen molar-refractivity contribution >= 4 is 6.08 Å². The zero-order chi connectivity index (χ0) is 11.5. The van der Waals surface area contributed by atoms with Crippen molar-refractivity contribution in [2.24, 2.45) is 5.73 Å². The van der Waals surface area contributed by atoms with E-state index in [4.69, 9.17) is 10.5 Å². The average Bonchev–Trinajstić information content (AvgIpc) is 2.29. The molecule has 1 aromatic rings. The molecule has 16 heavy (non-hydrogen) atoms. The summed E-state index contributed by atoms with van der Waals surface area (Å²) in [6, 6.07) is 0.906. The molecule has 0 aromatic heterocycles. The molecular weight excluding hydrogens is 212 g/mol. The minimum absolute atomic E-state index is 0.293. The second-order valence-electron chi connectivity index (χ2n) is 3.65. The molecule has 0 saturated carbocycles. The lowest BCUT2D eigenvalue weighted by atomic mass is 10.0. The Morgan fingerprint density at radius 2 is 2.19 bits per heavy atom. The van der Waals surface area contributed by atoms with Gasteiger partial charge in [0.2, 0.25) is 0 Å². The van der Waals surface area contributed by atoms with E-state index in [-0.39, 0.29) is 0 Å². The van der Waals surface area contributed by atoms with Gasteiger partial charge < -0.3 is 10.5 Å². The predicted molar refractivity (Wildman–Crippen MR) is 58.3 cm³/mol. The molecule has 1 aliphatic rings. The Labute approximate surface area is 92.7 Å². The maximum atomic E-state index is 13.5. The van der Waals surface area contributed by atoms with Gasteiger partial charge in [-0.3, -0.25) is 0 Å². The lowest BCUT2D eigenvalue weighted by Gasteiger charge is -2.20. The number of ether oxygens (including phenoxy) is 1. The van der Waals surface area contributed by atoms with Crippen LogP contribution < -0.4 is 10.5 Å². The Morgan fingerprint density at radius 3 is 2.94 bits per heavy atom. The van der Waals surface area contributed by atoms with E-state index in [2.05, 4.69) is 0 Å². The van der Waals surface area contributed by atoms with Crippen LogP contribution in [0.15, 0.2) is 12.1 Å². The van der Waals surface area contributed by atoms with E-state index in [1.54, 1.807) is 12.2 Å². The summed E-state index contributed by atoms with van der Waals surface area (Å²) in [5.74, 6) is -0.812. The molecule has 2 rings (SSSR count). The Morgan fingerprint density at radius 1 is 1.38 bits per heavy atom. The van der Waals surface area contributed by atoms with Crippen molar-refractivity contribution in [3.05, 3.63) is 34.9 Å². The highest BCUT2D eigenvalue weighted by Gasteiger charge is 2.21. The van der Waals surface area contributed by atoms with Gasteiger partial charge in [0.1, 0.15) is 17.4 Å². The molecule has 2 nitrogen and oxygen atoms in total. The van der Waals surface area contributed by atoms with Crippen molar-refractivity contribution in [1.82, 2.24) is 0 Å². The van der Waals surface area contributed by atoms with Gasteiger partial charge in [-0.05, 0) is 12.8 Å². The molecule has 0 aliphatic carbocycles. The normalized spacial score (nSPS) is 14.9. The monoisotopic (exact) mass is 225 g/mol. The van der Waals surface area contributed by atoms with Gasteiger partial charge in [0.05, 0.1) is 12.2 Å². The molecule has 1 aliphatic heterocycles. The summed E-state index contributed by atoms with van der Waals surface area (Å²) in [7, 11) is 0. The fraction of sp³-hybridized carbons (Fsp3) is 0.333. The van der Waals surface area contributed by atoms with Gasteiger partial charge >= 0.3 is 0 Å². The Bertz CT molecular complexity index is 430. The van der Waals surface area contributed by atoms with Gasteiger partial charge in [0.15, 0.2) is 0 Å². The number of rotatable bonds is 2. The number of hydrogen-bond donors (Lipinski definition) is 1. The molecule has 0 saturated heterocycles. The second-order valence-corrected chi connectivity index (χ2v) is 3.65. The highest BCUT2D eigenvalue weighted by atomic mass is 19.1. The third-order valence-electron chi connectivity index (χ3n) is 2.56. The number of fused-ring (bicyclic) bond motifs is 1. The molecule has 4 heteroatoms. The lowest BCUT2D eigenvalue weighted by molar-refractivity contribution is 0.281. The van der Waals surface area contributed by atoms with Crippen molar-refractivity contribution in [2.75, 3.05) is 13.2 Å². The molecule has 2 N–H and O–H groups in total. The van der Waals surface area contributed by atoms with Gasteiger partial charge in [-0.15, -0.1) is 0 Å². The van der Waals surface area contributed by atoms with E-state index in [1.807, 2.05) is 0 Å². The van der Waals surface area contributed by atoms with Crippen LogP contribution in [0, 0.1) is 11.6 Å². The highest BCUT2D eigenvalue weighted by molar-refractivity contribution is 5.61. The maximum Gasteiger partial charge on any atom is 0.137 e. The molecule has 1 heterocycles. The summed E-state index contributed by atoms with van der Waals surface area (Å²) in [6.07, 6.45) is 4.51. The summed E-state index contributed by atoms with van der Waals surface area (Å²) in [5.41, 5.74) is 6.06. The van der Waals surface area contributed by atoms with Crippen molar-refractivity contribution in [1.29, 1.82) is 0 Å². The van der Waals surface area contributed by atoms with Gasteiger partial charge in [-0.25, -0.2) is 8.78 Å². The van der Waals surface area contributed by atoms with Crippen molar-refractivity contribution in [3.8, 4) is 5.75 Å². The first-order chi connectivity index (χ1) is 7.74. The first-order valence-corrected chi connectivity index (χ1v) is 5.24. The summed E-state index contributed by atoms with van der Waals surface area (Å²) in [4.78, 5) is 0. The third kappa shape index (κ3) is 1.93. The largest absolute Gasteiger partial charge is 0.492 e. The van der Waals surface area contributed by atoms with E-state index in [9.17, 15) is 8.78 Å². The van der Waals surface area contributed by atoms with E-state index < -0.39 is 11.6 Å². The smallest absolute Gasteiger partial charge is 0.137 e. The molecular formula is C12H13F2NO. The number of nitrogens with two attached hydrogens (primary N) is 1. The molecule has 0 spiro atoms. The van der Waals surface area contributed by atoms with E-state index >= 15 is 0 Å². The third-order valence-corrected chi connectivity index (χ3v) is 2.56. The van der Waals surface area contributed by atoms with Gasteiger partial charge in [-0.1, -0.05) is 12.2 Å². The van der Waals surface area contributed by atoms with Gasteiger partial charge in [0, 0.05) is 18.2 Å². The summed E-state index contributed by atoms with van der Waals surface area (Å²) >= 11 is 0. The van der Waals surface area contributed by atoms with E-state index in [1.165, 1.54) is 0 Å². The Balaban J connectivity index is 2.54. The molecule has 0 radical (unpaired) electrons. The quantitative estimate of drug-likeness (QED) is 0.837. The minimum atomic E-state index is -0.608. The van der Waals surface area contributed by atoms with Crippen LogP contribution in [-0.2, 0) is 6.42 Å². The first kappa shape index (κ1) is 11.1. The average molecular weight is 225 g/mol. The fourth-order valence-electron chi connectivity index (χ4n) is 1.82. The maximum absolute atomic E-state index is 13.5. The number of benzene rings is 1. The van der Waals surface area contributed by atoms with E-state index in [0.29, 0.717) is 36.4 Å². The number of hydrogen-bond acceptors (Lipinski definition) is 2. The van der Waals surface area contributed by atoms with Crippen LogP contribution >= 0.6 is 0 Å². The standard InChI is InChI=1S/C12H13F2NO/c13-10-7-11(14)9-4-2-6-16-12(9)8(10)3-1-5-15/h1,3,7H,2,4-6,15H2/b3-1+. The zero-order valence-corrected chi connectivity index (χ0v) is 8.80. The van der Waals surface area contributed by atoms with Crippen LogP contribution in [-0.4, -0.2) is 13.2 Å². The molecule has 0 atom stereocenters. The van der Waals surface area contributed by atoms with E-state index in [0.717, 1.165) is 12.5 Å². The predicted octanol–water partition coefficient (Wildman–Crippen LogP) is 2.26. The van der Waals surface area contributed by atoms with Crippen LogP contribution in [0.2, 0.25) is 0 Å². The van der Waals surface area contributed by atoms with Crippen LogP contribution in [0.5, 0.6) is 5.75 Å². The van der Waals surface area contributed by atoms with Crippen molar-refractivity contribution in [2.45, 2.75) is 12.8 Å². The molecule has 86 valence electrons. The second kappa shape index (κ2) is 4.61. The van der Waals surface area contributed by atoms with Gasteiger partial charge in [-0.2, -0.15) is 0 Å². The number of halogens is 2. The molecule has 0 bridgehead atoms. The summed E-state index contributed by atoms with van der Waals surface area (Å²) in [5, 5.41) is 0. The summed E-state index contributed by atoms with van der Waals surface area (Å²) in [6.45, 7) is 0.810. The van der Waals surface area contributed by atoms with Crippen molar-refractivity contribution in [3.63, 3.8) is 0 Å². The minimum Gasteiger partial charge on any atom is -0.492 e. The zero-order valence-electron chi connectivity index (χ0n) is 8.80. The first-order valence-electron chi connectivity index (χ1n) is 5.24. The fourth-order valence-corrected chi connectivity index (χ4v) is 1.82. The molecule has 0 amide bonds. The summed E-state index contributed by atoms with van der Waals surface area (Å²) < 4.78 is 32.4. The van der Waals surface area contributed by atoms with Crippen LogP contribution in [0.25, 0.3) is 6.08 Å². The Kier molecular flexibility index (Phi) is 3.19. The van der Waals surface area contributed by atoms with Crippen LogP contribution in [0.3, 0.4) is 0 Å². The van der Waals surface area contributed by atoms with Crippen LogP contribution in [0.1, 0.15) is 17.5 Å². The van der Waals surface area contributed by atoms with Crippen molar-refractivity contribution < 1.29 is 13.5 Å². The highest BCUT2D eigenvalue weighted by Crippen LogP contribution is 2.33. The topological polar surface area (TPSA) is 35.2 Å². The molecule has 0 unspecified atom stereocenters. The Hall–Kier alpha value is -1.42. The van der Waals surface area contributed by atoms with Gasteiger partial charge in [0.25, 0.3) is 0 Å². The lowest BCUT2D eigenvalue weighted by Crippen LogP contribution is -2.12. The SMILES string of the molecule is NC/C=C/c1c(F)cc(F)c2c1OCCC2. The molecule has 1 aromatic carbocycles. The molecule has 0 fully saturated rings.